The van der Waals surface area contributed by atoms with Gasteiger partial charge in [0.15, 0.2) is 0 Å². The van der Waals surface area contributed by atoms with Gasteiger partial charge in [-0.1, -0.05) is 17.7 Å². The van der Waals surface area contributed by atoms with Crippen molar-refractivity contribution in [2.45, 2.75) is 32.5 Å². The van der Waals surface area contributed by atoms with Gasteiger partial charge >= 0.3 is 12.1 Å². The molecule has 106 valence electrons. The zero-order chi connectivity index (χ0) is 14.5. The van der Waals surface area contributed by atoms with Crippen LogP contribution in [-0.2, 0) is 9.53 Å². The lowest BCUT2D eigenvalue weighted by molar-refractivity contribution is -0.161. The maximum atomic E-state index is 12.8. The summed E-state index contributed by atoms with van der Waals surface area (Å²) in [4.78, 5) is 11.2. The summed E-state index contributed by atoms with van der Waals surface area (Å²) >= 11 is 0. The quantitative estimate of drug-likeness (QED) is 0.838. The molecule has 1 rings (SSSR count). The molecule has 0 unspecified atom stereocenters. The first-order chi connectivity index (χ1) is 8.82. The number of alkyl halides is 3. The van der Waals surface area contributed by atoms with Gasteiger partial charge in [-0.15, -0.1) is 0 Å². The van der Waals surface area contributed by atoms with Crippen LogP contribution in [0.2, 0.25) is 0 Å². The number of halogens is 3. The number of rotatable bonds is 5. The molecule has 19 heavy (non-hydrogen) atoms. The minimum Gasteiger partial charge on any atom is -0.466 e. The van der Waals surface area contributed by atoms with Gasteiger partial charge in [-0.2, -0.15) is 13.2 Å². The average molecular weight is 275 g/mol. The number of hydrogen-bond acceptors (Lipinski definition) is 3. The number of anilines is 1. The molecule has 6 heteroatoms. The lowest BCUT2D eigenvalue weighted by atomic mass is 10.1. The summed E-state index contributed by atoms with van der Waals surface area (Å²) in [5.41, 5.74) is 1.26. The molecule has 0 saturated heterocycles. The van der Waals surface area contributed by atoms with Gasteiger partial charge in [0, 0.05) is 5.69 Å². The predicted molar refractivity (Wildman–Crippen MR) is 65.9 cm³/mol. The van der Waals surface area contributed by atoms with Crippen molar-refractivity contribution in [3.05, 3.63) is 29.8 Å². The molecule has 0 aliphatic rings. The molecule has 0 bridgehead atoms. The summed E-state index contributed by atoms with van der Waals surface area (Å²) in [6, 6.07) is 4.52. The Labute approximate surface area is 109 Å². The van der Waals surface area contributed by atoms with Crippen molar-refractivity contribution in [3.8, 4) is 0 Å². The van der Waals surface area contributed by atoms with Crippen LogP contribution in [-0.4, -0.2) is 24.8 Å². The Morgan fingerprint density at radius 3 is 2.37 bits per heavy atom. The third-order valence-electron chi connectivity index (χ3n) is 2.46. The van der Waals surface area contributed by atoms with Gasteiger partial charge in [0.25, 0.3) is 0 Å². The SMILES string of the molecule is CCOC(=O)C[C@@H](Nc1ccc(C)cc1)C(F)(F)F. The number of esters is 1. The topological polar surface area (TPSA) is 38.3 Å². The monoisotopic (exact) mass is 275 g/mol. The van der Waals surface area contributed by atoms with Crippen molar-refractivity contribution in [1.82, 2.24) is 0 Å². The van der Waals surface area contributed by atoms with Crippen molar-refractivity contribution in [3.63, 3.8) is 0 Å². The number of hydrogen-bond donors (Lipinski definition) is 1. The third-order valence-corrected chi connectivity index (χ3v) is 2.46. The maximum absolute atomic E-state index is 12.8. The lowest BCUT2D eigenvalue weighted by Gasteiger charge is -2.22. The van der Waals surface area contributed by atoms with Crippen molar-refractivity contribution in [2.75, 3.05) is 11.9 Å². The summed E-state index contributed by atoms with van der Waals surface area (Å²) in [6.45, 7) is 3.45. The van der Waals surface area contributed by atoms with Crippen LogP contribution in [0.1, 0.15) is 18.9 Å². The number of nitrogens with one attached hydrogen (secondary N) is 1. The summed E-state index contributed by atoms with van der Waals surface area (Å²) in [5, 5.41) is 2.31. The van der Waals surface area contributed by atoms with Crippen LogP contribution in [0, 0.1) is 6.92 Å². The standard InChI is InChI=1S/C13H16F3NO2/c1-3-19-12(18)8-11(13(14,15)16)17-10-6-4-9(2)5-7-10/h4-7,11,17H,3,8H2,1-2H3/t11-/m1/s1. The van der Waals surface area contributed by atoms with E-state index in [1.165, 1.54) is 0 Å². The largest absolute Gasteiger partial charge is 0.466 e. The normalized spacial score (nSPS) is 12.9. The minimum absolute atomic E-state index is 0.0634. The molecule has 0 aliphatic carbocycles. The van der Waals surface area contributed by atoms with E-state index in [9.17, 15) is 18.0 Å². The molecule has 3 nitrogen and oxygen atoms in total. The van der Waals surface area contributed by atoms with Crippen molar-refractivity contribution in [1.29, 1.82) is 0 Å². The van der Waals surface area contributed by atoms with Crippen LogP contribution in [0.3, 0.4) is 0 Å². The fraction of sp³-hybridized carbons (Fsp3) is 0.462. The zero-order valence-corrected chi connectivity index (χ0v) is 10.8. The second kappa shape index (κ2) is 6.45. The summed E-state index contributed by atoms with van der Waals surface area (Å²) in [6.07, 6.45) is -5.26. The van der Waals surface area contributed by atoms with Crippen molar-refractivity contribution < 1.29 is 22.7 Å². The average Bonchev–Trinajstić information content (AvgIpc) is 2.30. The van der Waals surface area contributed by atoms with Crippen molar-refractivity contribution in [2.24, 2.45) is 0 Å². The Bertz CT molecular complexity index is 415. The van der Waals surface area contributed by atoms with Gasteiger partial charge < -0.3 is 10.1 Å². The minimum atomic E-state index is -4.52. The van der Waals surface area contributed by atoms with Crippen molar-refractivity contribution >= 4 is 11.7 Å². The van der Waals surface area contributed by atoms with E-state index in [1.807, 2.05) is 6.92 Å². The maximum Gasteiger partial charge on any atom is 0.409 e. The molecule has 0 spiro atoms. The van der Waals surface area contributed by atoms with Gasteiger partial charge in [0.05, 0.1) is 13.0 Å². The van der Waals surface area contributed by atoms with E-state index in [4.69, 9.17) is 0 Å². The van der Waals surface area contributed by atoms with Gasteiger partial charge in [0.1, 0.15) is 6.04 Å². The predicted octanol–water partition coefficient (Wildman–Crippen LogP) is 3.29. The van der Waals surface area contributed by atoms with E-state index < -0.39 is 24.6 Å². The van der Waals surface area contributed by atoms with E-state index in [2.05, 4.69) is 10.1 Å². The number of carbonyl (C=O) groups is 1. The smallest absolute Gasteiger partial charge is 0.409 e. The van der Waals surface area contributed by atoms with E-state index in [0.717, 1.165) is 5.56 Å². The molecule has 0 fully saturated rings. The molecular weight excluding hydrogens is 259 g/mol. The Morgan fingerprint density at radius 2 is 1.89 bits per heavy atom. The van der Waals surface area contributed by atoms with E-state index in [-0.39, 0.29) is 6.61 Å². The molecule has 0 amide bonds. The zero-order valence-electron chi connectivity index (χ0n) is 10.8. The first kappa shape index (κ1) is 15.3. The third kappa shape index (κ3) is 5.19. The van der Waals surface area contributed by atoms with E-state index in [0.29, 0.717) is 5.69 Å². The Morgan fingerprint density at radius 1 is 1.32 bits per heavy atom. The summed E-state index contributed by atoms with van der Waals surface area (Å²) in [5.74, 6) is -0.871. The highest BCUT2D eigenvalue weighted by atomic mass is 19.4. The Kier molecular flexibility index (Phi) is 5.20. The van der Waals surface area contributed by atoms with Gasteiger partial charge in [0.2, 0.25) is 0 Å². The van der Waals surface area contributed by atoms with Gasteiger partial charge in [-0.25, -0.2) is 0 Å². The number of aryl methyl sites for hydroxylation is 1. The lowest BCUT2D eigenvalue weighted by Crippen LogP contribution is -2.38. The van der Waals surface area contributed by atoms with Crippen LogP contribution in [0.15, 0.2) is 24.3 Å². The van der Waals surface area contributed by atoms with Crippen LogP contribution in [0.25, 0.3) is 0 Å². The molecule has 1 aromatic rings. The Balaban J connectivity index is 2.75. The highest BCUT2D eigenvalue weighted by molar-refractivity contribution is 5.71. The van der Waals surface area contributed by atoms with Gasteiger partial charge in [-0.3, -0.25) is 4.79 Å². The molecule has 1 N–H and O–H groups in total. The molecule has 0 aliphatic heterocycles. The highest BCUT2D eigenvalue weighted by Crippen LogP contribution is 2.26. The number of ether oxygens (including phenoxy) is 1. The summed E-state index contributed by atoms with van der Waals surface area (Å²) in [7, 11) is 0. The van der Waals surface area contributed by atoms with Crippen LogP contribution in [0.5, 0.6) is 0 Å². The van der Waals surface area contributed by atoms with E-state index in [1.54, 1.807) is 31.2 Å². The van der Waals surface area contributed by atoms with Gasteiger partial charge in [-0.05, 0) is 26.0 Å². The number of benzene rings is 1. The number of carbonyl (C=O) groups excluding carboxylic acids is 1. The Hall–Kier alpha value is -1.72. The molecule has 0 radical (unpaired) electrons. The second-order valence-electron chi connectivity index (χ2n) is 4.11. The second-order valence-corrected chi connectivity index (χ2v) is 4.11. The molecule has 1 atom stereocenters. The molecule has 1 aromatic carbocycles. The van der Waals surface area contributed by atoms with Crippen LogP contribution in [0.4, 0.5) is 18.9 Å². The first-order valence-electron chi connectivity index (χ1n) is 5.88. The molecule has 0 heterocycles. The summed E-state index contributed by atoms with van der Waals surface area (Å²) < 4.78 is 43.0. The first-order valence-corrected chi connectivity index (χ1v) is 5.88. The van der Waals surface area contributed by atoms with E-state index >= 15 is 0 Å². The molecule has 0 aromatic heterocycles. The highest BCUT2D eigenvalue weighted by Gasteiger charge is 2.41. The van der Waals surface area contributed by atoms with Crippen LogP contribution < -0.4 is 5.32 Å². The van der Waals surface area contributed by atoms with Crippen LogP contribution >= 0.6 is 0 Å². The fourth-order valence-corrected chi connectivity index (χ4v) is 1.49. The molecule has 0 saturated carbocycles. The molecular formula is C13H16F3NO2. The fourth-order valence-electron chi connectivity index (χ4n) is 1.49.